The molecule has 0 saturated heterocycles. The van der Waals surface area contributed by atoms with E-state index in [1.54, 1.807) is 66.7 Å². The zero-order valence-electron chi connectivity index (χ0n) is 16.5. The molecule has 9 heteroatoms. The first kappa shape index (κ1) is 23.0. The molecule has 31 heavy (non-hydrogen) atoms. The van der Waals surface area contributed by atoms with Crippen LogP contribution in [0.5, 0.6) is 0 Å². The highest BCUT2D eigenvalue weighted by molar-refractivity contribution is 7.93. The Kier molecular flexibility index (Phi) is 6.86. The van der Waals surface area contributed by atoms with Crippen molar-refractivity contribution in [3.05, 3.63) is 82.7 Å². The van der Waals surface area contributed by atoms with Gasteiger partial charge in [-0.25, -0.2) is 8.42 Å². The lowest BCUT2D eigenvalue weighted by molar-refractivity contribution is -0.174. The standard InChI is InChI=1S/C22H20F3NO3S2/c1-15(26-21(27)22(23,24)25)17-10-7-16(8-11-17)9-12-18-13-14-20(30-18)31(28,29)19-5-3-2-4-6-19/h2-8,10-11,13-15H,9,12H2,1H3,(H,26,27)/t15-/m0/s1. The van der Waals surface area contributed by atoms with Gasteiger partial charge in [-0.1, -0.05) is 42.5 Å². The molecule has 4 nitrogen and oxygen atoms in total. The van der Waals surface area contributed by atoms with E-state index >= 15 is 0 Å². The number of alkyl halides is 3. The minimum Gasteiger partial charge on any atom is -0.342 e. The fraction of sp³-hybridized carbons (Fsp3) is 0.227. The lowest BCUT2D eigenvalue weighted by Crippen LogP contribution is -2.38. The van der Waals surface area contributed by atoms with Crippen molar-refractivity contribution in [2.45, 2.75) is 41.1 Å². The largest absolute Gasteiger partial charge is 0.471 e. The number of benzene rings is 2. The summed E-state index contributed by atoms with van der Waals surface area (Å²) in [5, 5.41) is 1.92. The number of carbonyl (C=O) groups excluding carboxylic acids is 1. The molecule has 2 aromatic carbocycles. The molecule has 0 spiro atoms. The third-order valence-electron chi connectivity index (χ3n) is 4.70. The average molecular weight is 468 g/mol. The lowest BCUT2D eigenvalue weighted by atomic mass is 10.0. The van der Waals surface area contributed by atoms with Crippen molar-refractivity contribution >= 4 is 27.1 Å². The van der Waals surface area contributed by atoms with Crippen molar-refractivity contribution in [1.29, 1.82) is 0 Å². The van der Waals surface area contributed by atoms with Gasteiger partial charge in [0.05, 0.1) is 10.9 Å². The number of halogens is 3. The van der Waals surface area contributed by atoms with E-state index in [2.05, 4.69) is 0 Å². The van der Waals surface area contributed by atoms with Crippen LogP contribution >= 0.6 is 11.3 Å². The molecular formula is C22H20F3NO3S2. The van der Waals surface area contributed by atoms with Crippen LogP contribution in [0.3, 0.4) is 0 Å². The summed E-state index contributed by atoms with van der Waals surface area (Å²) in [6, 6.07) is 17.8. The molecule has 1 heterocycles. The summed E-state index contributed by atoms with van der Waals surface area (Å²) >= 11 is 1.23. The van der Waals surface area contributed by atoms with Gasteiger partial charge in [-0.05, 0) is 55.2 Å². The Labute approximate surface area is 182 Å². The lowest BCUT2D eigenvalue weighted by Gasteiger charge is -2.16. The van der Waals surface area contributed by atoms with E-state index in [0.717, 1.165) is 10.4 Å². The molecule has 1 aromatic heterocycles. The van der Waals surface area contributed by atoms with Crippen LogP contribution in [-0.2, 0) is 27.5 Å². The number of nitrogens with one attached hydrogen (secondary N) is 1. The number of aryl methyl sites for hydroxylation is 2. The van der Waals surface area contributed by atoms with Crippen LogP contribution in [0.15, 0.2) is 75.8 Å². The molecule has 0 fully saturated rings. The van der Waals surface area contributed by atoms with Crippen LogP contribution in [0, 0.1) is 0 Å². The number of sulfone groups is 1. The van der Waals surface area contributed by atoms with E-state index in [0.29, 0.717) is 22.6 Å². The van der Waals surface area contributed by atoms with Gasteiger partial charge >= 0.3 is 12.1 Å². The van der Waals surface area contributed by atoms with Gasteiger partial charge in [0, 0.05) is 4.88 Å². The number of rotatable bonds is 7. The number of hydrogen-bond acceptors (Lipinski definition) is 4. The summed E-state index contributed by atoms with van der Waals surface area (Å²) in [4.78, 5) is 12.2. The monoisotopic (exact) mass is 467 g/mol. The Balaban J connectivity index is 1.61. The molecule has 0 saturated carbocycles. The quantitative estimate of drug-likeness (QED) is 0.526. The van der Waals surface area contributed by atoms with Gasteiger partial charge in [0.1, 0.15) is 4.21 Å². The topological polar surface area (TPSA) is 63.2 Å². The van der Waals surface area contributed by atoms with E-state index in [9.17, 15) is 26.4 Å². The molecule has 164 valence electrons. The maximum absolute atomic E-state index is 12.7. The van der Waals surface area contributed by atoms with Crippen molar-refractivity contribution in [3.8, 4) is 0 Å². The normalized spacial score (nSPS) is 13.0. The summed E-state index contributed by atoms with van der Waals surface area (Å²) in [5.74, 6) is -1.97. The van der Waals surface area contributed by atoms with Crippen LogP contribution in [0.2, 0.25) is 0 Å². The summed E-state index contributed by atoms with van der Waals surface area (Å²) < 4.78 is 62.8. The average Bonchev–Trinajstić information content (AvgIpc) is 3.22. The first-order chi connectivity index (χ1) is 14.6. The molecule has 1 amide bonds. The molecule has 0 aliphatic rings. The summed E-state index contributed by atoms with van der Waals surface area (Å²) in [6.45, 7) is 1.49. The van der Waals surface area contributed by atoms with Crippen LogP contribution < -0.4 is 5.32 Å². The van der Waals surface area contributed by atoms with Gasteiger partial charge in [-0.15, -0.1) is 11.3 Å². The Morgan fingerprint density at radius 2 is 1.61 bits per heavy atom. The van der Waals surface area contributed by atoms with Crippen molar-refractivity contribution in [1.82, 2.24) is 5.32 Å². The molecule has 0 aliphatic heterocycles. The maximum Gasteiger partial charge on any atom is 0.471 e. The van der Waals surface area contributed by atoms with Gasteiger partial charge in [0.2, 0.25) is 9.84 Å². The van der Waals surface area contributed by atoms with Crippen LogP contribution in [0.25, 0.3) is 0 Å². The van der Waals surface area contributed by atoms with Crippen molar-refractivity contribution in [3.63, 3.8) is 0 Å². The zero-order chi connectivity index (χ0) is 22.6. The molecule has 0 radical (unpaired) electrons. The highest BCUT2D eigenvalue weighted by Crippen LogP contribution is 2.28. The molecule has 1 atom stereocenters. The third-order valence-corrected chi connectivity index (χ3v) is 8.11. The van der Waals surface area contributed by atoms with Gasteiger partial charge < -0.3 is 5.32 Å². The van der Waals surface area contributed by atoms with E-state index in [-0.39, 0.29) is 4.90 Å². The van der Waals surface area contributed by atoms with E-state index in [4.69, 9.17) is 0 Å². The molecule has 0 bridgehead atoms. The Hall–Kier alpha value is -2.65. The Morgan fingerprint density at radius 3 is 2.23 bits per heavy atom. The highest BCUT2D eigenvalue weighted by Gasteiger charge is 2.39. The molecule has 3 rings (SSSR count). The third kappa shape index (κ3) is 5.74. The fourth-order valence-electron chi connectivity index (χ4n) is 2.96. The van der Waals surface area contributed by atoms with Gasteiger partial charge in [0.15, 0.2) is 0 Å². The SMILES string of the molecule is C[C@H](NC(=O)C(F)(F)F)c1ccc(CCc2ccc(S(=O)(=O)c3ccccc3)s2)cc1. The first-order valence-corrected chi connectivity index (χ1v) is 11.7. The second-order valence-corrected chi connectivity index (χ2v) is 10.3. The number of hydrogen-bond donors (Lipinski definition) is 1. The molecule has 0 unspecified atom stereocenters. The Bertz CT molecular complexity index is 1140. The van der Waals surface area contributed by atoms with Gasteiger partial charge in [0.25, 0.3) is 0 Å². The number of carbonyl (C=O) groups is 1. The molecular weight excluding hydrogens is 447 g/mol. The second-order valence-electron chi connectivity index (χ2n) is 6.97. The van der Waals surface area contributed by atoms with Crippen LogP contribution in [0.1, 0.15) is 29.0 Å². The summed E-state index contributed by atoms with van der Waals surface area (Å²) in [5.41, 5.74) is 1.52. The van der Waals surface area contributed by atoms with Crippen molar-refractivity contribution < 1.29 is 26.4 Å². The van der Waals surface area contributed by atoms with Gasteiger partial charge in [-0.3, -0.25) is 4.79 Å². The predicted octanol–water partition coefficient (Wildman–Crippen LogP) is 5.11. The highest BCUT2D eigenvalue weighted by atomic mass is 32.2. The Morgan fingerprint density at radius 1 is 0.968 bits per heavy atom. The maximum atomic E-state index is 12.7. The summed E-state index contributed by atoms with van der Waals surface area (Å²) in [6.07, 6.45) is -3.63. The molecule has 3 aromatic rings. The van der Waals surface area contributed by atoms with E-state index in [1.807, 2.05) is 5.32 Å². The zero-order valence-corrected chi connectivity index (χ0v) is 18.2. The van der Waals surface area contributed by atoms with Crippen molar-refractivity contribution in [2.75, 3.05) is 0 Å². The first-order valence-electron chi connectivity index (χ1n) is 9.43. The fourth-order valence-corrected chi connectivity index (χ4v) is 5.73. The van der Waals surface area contributed by atoms with Gasteiger partial charge in [-0.2, -0.15) is 13.2 Å². The molecule has 0 aliphatic carbocycles. The second kappa shape index (κ2) is 9.23. The summed E-state index contributed by atoms with van der Waals surface area (Å²) in [7, 11) is -3.53. The van der Waals surface area contributed by atoms with Crippen molar-refractivity contribution in [2.24, 2.45) is 0 Å². The smallest absolute Gasteiger partial charge is 0.342 e. The molecule has 1 N–H and O–H groups in total. The number of amides is 1. The van der Waals surface area contributed by atoms with Crippen LogP contribution in [0.4, 0.5) is 13.2 Å². The predicted molar refractivity (Wildman–Crippen MR) is 113 cm³/mol. The van der Waals surface area contributed by atoms with Crippen LogP contribution in [-0.4, -0.2) is 20.5 Å². The van der Waals surface area contributed by atoms with E-state index < -0.39 is 28.0 Å². The number of thiophene rings is 1. The minimum atomic E-state index is -4.91. The minimum absolute atomic E-state index is 0.255. The van der Waals surface area contributed by atoms with E-state index in [1.165, 1.54) is 18.3 Å².